The second-order valence-electron chi connectivity index (χ2n) is 5.92. The van der Waals surface area contributed by atoms with Gasteiger partial charge in [0.2, 0.25) is 0 Å². The zero-order chi connectivity index (χ0) is 13.3. The molecule has 17 heavy (non-hydrogen) atoms. The summed E-state index contributed by atoms with van der Waals surface area (Å²) in [5, 5.41) is 0. The van der Waals surface area contributed by atoms with Gasteiger partial charge in [0, 0.05) is 13.7 Å². The molecule has 1 aromatic rings. The van der Waals surface area contributed by atoms with E-state index in [2.05, 4.69) is 45.9 Å². The zero-order valence-electron chi connectivity index (χ0n) is 11.9. The number of benzene rings is 1. The molecular formula is C15H25NO. The molecule has 2 N–H and O–H groups in total. The predicted octanol–water partition coefficient (Wildman–Crippen LogP) is 3.11. The van der Waals surface area contributed by atoms with Crippen molar-refractivity contribution < 1.29 is 4.74 Å². The topological polar surface area (TPSA) is 35.2 Å². The molecular weight excluding hydrogens is 210 g/mol. The molecule has 1 unspecified atom stereocenters. The van der Waals surface area contributed by atoms with Crippen molar-refractivity contribution in [2.75, 3.05) is 13.7 Å². The number of hydrogen-bond acceptors (Lipinski definition) is 2. The number of rotatable bonds is 3. The lowest BCUT2D eigenvalue weighted by Crippen LogP contribution is -2.34. The number of hydrogen-bond donors (Lipinski definition) is 1. The molecule has 96 valence electrons. The maximum Gasteiger partial charge on any atom is 0.102 e. The zero-order valence-corrected chi connectivity index (χ0v) is 11.9. The molecule has 0 aliphatic heterocycles. The summed E-state index contributed by atoms with van der Waals surface area (Å²) in [6.45, 7) is 11.3. The Bertz CT molecular complexity index is 386. The molecule has 0 bridgehead atoms. The van der Waals surface area contributed by atoms with E-state index in [1.807, 2.05) is 6.92 Å². The van der Waals surface area contributed by atoms with Crippen LogP contribution in [0, 0.1) is 6.92 Å². The molecule has 0 heterocycles. The van der Waals surface area contributed by atoms with E-state index < -0.39 is 5.60 Å². The van der Waals surface area contributed by atoms with E-state index >= 15 is 0 Å². The molecule has 0 radical (unpaired) electrons. The summed E-state index contributed by atoms with van der Waals surface area (Å²) in [7, 11) is 1.72. The van der Waals surface area contributed by atoms with Gasteiger partial charge in [0.15, 0.2) is 0 Å². The van der Waals surface area contributed by atoms with Gasteiger partial charge in [-0.2, -0.15) is 0 Å². The highest BCUT2D eigenvalue weighted by atomic mass is 16.5. The molecule has 0 aromatic heterocycles. The summed E-state index contributed by atoms with van der Waals surface area (Å²) < 4.78 is 5.60. The van der Waals surface area contributed by atoms with Crippen LogP contribution in [0.3, 0.4) is 0 Å². The number of methoxy groups -OCH3 is 1. The Kier molecular flexibility index (Phi) is 4.00. The minimum absolute atomic E-state index is 0.145. The summed E-state index contributed by atoms with van der Waals surface area (Å²) in [5.74, 6) is 0. The fourth-order valence-corrected chi connectivity index (χ4v) is 1.96. The second kappa shape index (κ2) is 4.79. The Labute approximate surface area is 105 Å². The maximum atomic E-state index is 5.85. The van der Waals surface area contributed by atoms with Gasteiger partial charge in [-0.15, -0.1) is 0 Å². The Morgan fingerprint density at radius 3 is 2.18 bits per heavy atom. The lowest BCUT2D eigenvalue weighted by molar-refractivity contribution is 0.00946. The molecule has 0 aliphatic carbocycles. The third-order valence-corrected chi connectivity index (χ3v) is 3.51. The molecule has 2 nitrogen and oxygen atoms in total. The molecule has 2 heteroatoms. The standard InChI is InChI=1S/C15H25NO/c1-11-7-8-12(14(2,3)4)9-13(11)15(5,10-16)17-6/h7-9H,10,16H2,1-6H3. The smallest absolute Gasteiger partial charge is 0.102 e. The van der Waals surface area contributed by atoms with E-state index in [-0.39, 0.29) is 5.41 Å². The van der Waals surface area contributed by atoms with Gasteiger partial charge in [-0.05, 0) is 36.0 Å². The second-order valence-corrected chi connectivity index (χ2v) is 5.92. The lowest BCUT2D eigenvalue weighted by atomic mass is 9.82. The van der Waals surface area contributed by atoms with Crippen LogP contribution in [-0.4, -0.2) is 13.7 Å². The van der Waals surface area contributed by atoms with Gasteiger partial charge in [-0.25, -0.2) is 0 Å². The minimum atomic E-state index is -0.397. The van der Waals surface area contributed by atoms with E-state index in [0.717, 1.165) is 0 Å². The van der Waals surface area contributed by atoms with Crippen molar-refractivity contribution in [2.24, 2.45) is 5.73 Å². The highest BCUT2D eigenvalue weighted by Crippen LogP contribution is 2.31. The molecule has 0 spiro atoms. The Hall–Kier alpha value is -0.860. The van der Waals surface area contributed by atoms with Crippen LogP contribution in [0.25, 0.3) is 0 Å². The van der Waals surface area contributed by atoms with Gasteiger partial charge in [-0.1, -0.05) is 39.0 Å². The van der Waals surface area contributed by atoms with Crippen LogP contribution >= 0.6 is 0 Å². The van der Waals surface area contributed by atoms with Gasteiger partial charge in [0.1, 0.15) is 5.60 Å². The SMILES string of the molecule is COC(C)(CN)c1cc(C(C)(C)C)ccc1C. The third-order valence-electron chi connectivity index (χ3n) is 3.51. The van der Waals surface area contributed by atoms with Crippen molar-refractivity contribution in [3.63, 3.8) is 0 Å². The fourth-order valence-electron chi connectivity index (χ4n) is 1.96. The van der Waals surface area contributed by atoms with Gasteiger partial charge < -0.3 is 10.5 Å². The summed E-state index contributed by atoms with van der Waals surface area (Å²) in [6, 6.07) is 6.57. The molecule has 0 aliphatic rings. The van der Waals surface area contributed by atoms with E-state index in [1.165, 1.54) is 16.7 Å². The highest BCUT2D eigenvalue weighted by molar-refractivity contribution is 5.38. The van der Waals surface area contributed by atoms with Crippen LogP contribution < -0.4 is 5.73 Å². The highest BCUT2D eigenvalue weighted by Gasteiger charge is 2.27. The Morgan fingerprint density at radius 1 is 1.18 bits per heavy atom. The fraction of sp³-hybridized carbons (Fsp3) is 0.600. The molecule has 0 amide bonds. The first kappa shape index (κ1) is 14.2. The van der Waals surface area contributed by atoms with Gasteiger partial charge in [0.25, 0.3) is 0 Å². The average molecular weight is 235 g/mol. The molecule has 0 fully saturated rings. The van der Waals surface area contributed by atoms with Crippen molar-refractivity contribution in [2.45, 2.75) is 45.6 Å². The maximum absolute atomic E-state index is 5.85. The number of ether oxygens (including phenoxy) is 1. The van der Waals surface area contributed by atoms with E-state index in [0.29, 0.717) is 6.54 Å². The summed E-state index contributed by atoms with van der Waals surface area (Å²) in [5.41, 5.74) is 9.33. The quantitative estimate of drug-likeness (QED) is 0.873. The van der Waals surface area contributed by atoms with Crippen molar-refractivity contribution >= 4 is 0 Å². The lowest BCUT2D eigenvalue weighted by Gasteiger charge is -2.31. The number of nitrogens with two attached hydrogens (primary N) is 1. The molecule has 0 saturated heterocycles. The van der Waals surface area contributed by atoms with Crippen molar-refractivity contribution in [1.82, 2.24) is 0 Å². The van der Waals surface area contributed by atoms with Crippen LogP contribution in [0.4, 0.5) is 0 Å². The molecule has 1 aromatic carbocycles. The molecule has 1 rings (SSSR count). The summed E-state index contributed by atoms with van der Waals surface area (Å²) >= 11 is 0. The first-order chi connectivity index (χ1) is 7.74. The largest absolute Gasteiger partial charge is 0.372 e. The molecule has 0 saturated carbocycles. The van der Waals surface area contributed by atoms with Crippen LogP contribution in [0.15, 0.2) is 18.2 Å². The normalized spacial score (nSPS) is 15.7. The van der Waals surface area contributed by atoms with E-state index in [4.69, 9.17) is 10.5 Å². The Morgan fingerprint density at radius 2 is 1.76 bits per heavy atom. The monoisotopic (exact) mass is 235 g/mol. The van der Waals surface area contributed by atoms with Crippen molar-refractivity contribution in [3.8, 4) is 0 Å². The predicted molar refractivity (Wildman–Crippen MR) is 73.3 cm³/mol. The average Bonchev–Trinajstić information content (AvgIpc) is 2.27. The van der Waals surface area contributed by atoms with E-state index in [1.54, 1.807) is 7.11 Å². The van der Waals surface area contributed by atoms with Gasteiger partial charge in [0.05, 0.1) is 0 Å². The molecule has 1 atom stereocenters. The van der Waals surface area contributed by atoms with Gasteiger partial charge in [-0.3, -0.25) is 0 Å². The van der Waals surface area contributed by atoms with Crippen LogP contribution in [-0.2, 0) is 15.8 Å². The van der Waals surface area contributed by atoms with Crippen LogP contribution in [0.5, 0.6) is 0 Å². The third kappa shape index (κ3) is 2.88. The van der Waals surface area contributed by atoms with Crippen LogP contribution in [0.1, 0.15) is 44.4 Å². The number of aryl methyl sites for hydroxylation is 1. The van der Waals surface area contributed by atoms with Crippen molar-refractivity contribution in [3.05, 3.63) is 34.9 Å². The van der Waals surface area contributed by atoms with Gasteiger partial charge >= 0.3 is 0 Å². The first-order valence-corrected chi connectivity index (χ1v) is 6.11. The Balaban J connectivity index is 3.33. The summed E-state index contributed by atoms with van der Waals surface area (Å²) in [4.78, 5) is 0. The minimum Gasteiger partial charge on any atom is -0.372 e. The first-order valence-electron chi connectivity index (χ1n) is 6.11. The van der Waals surface area contributed by atoms with E-state index in [9.17, 15) is 0 Å². The van der Waals surface area contributed by atoms with Crippen LogP contribution in [0.2, 0.25) is 0 Å². The van der Waals surface area contributed by atoms with Crippen molar-refractivity contribution in [1.29, 1.82) is 0 Å². The summed E-state index contributed by atoms with van der Waals surface area (Å²) in [6.07, 6.45) is 0.